The van der Waals surface area contributed by atoms with E-state index in [0.29, 0.717) is 17.9 Å². The van der Waals surface area contributed by atoms with Crippen LogP contribution >= 0.6 is 0 Å². The minimum Gasteiger partial charge on any atom is -0.365 e. The normalized spacial score (nSPS) is 22.3. The molecule has 1 atom stereocenters. The monoisotopic (exact) mass is 269 g/mol. The summed E-state index contributed by atoms with van der Waals surface area (Å²) in [5, 5.41) is 13.1. The van der Waals surface area contributed by atoms with E-state index < -0.39 is 15.5 Å². The van der Waals surface area contributed by atoms with Crippen molar-refractivity contribution in [3.8, 4) is 0 Å². The van der Waals surface area contributed by atoms with Gasteiger partial charge in [0.05, 0.1) is 11.5 Å². The molecule has 1 aliphatic rings. The first-order valence-electron chi connectivity index (χ1n) is 5.45. The van der Waals surface area contributed by atoms with E-state index in [0.717, 1.165) is 4.52 Å². The highest BCUT2D eigenvalue weighted by molar-refractivity contribution is 7.91. The molecule has 0 spiro atoms. The van der Waals surface area contributed by atoms with Gasteiger partial charge in [-0.25, -0.2) is 18.3 Å². The Kier molecular flexibility index (Phi) is 2.37. The summed E-state index contributed by atoms with van der Waals surface area (Å²) in [5.41, 5.74) is -0.00251. The lowest BCUT2D eigenvalue weighted by Crippen LogP contribution is -2.22. The van der Waals surface area contributed by atoms with E-state index in [-0.39, 0.29) is 17.5 Å². The Hall–Kier alpha value is -1.90. The maximum absolute atomic E-state index is 11.3. The predicted molar refractivity (Wildman–Crippen MR) is 64.3 cm³/mol. The zero-order chi connectivity index (χ0) is 12.8. The number of sulfone groups is 1. The third kappa shape index (κ3) is 1.96. The van der Waals surface area contributed by atoms with Gasteiger partial charge in [-0.05, 0) is 18.6 Å². The van der Waals surface area contributed by atoms with Gasteiger partial charge in [-0.15, -0.1) is 5.10 Å². The van der Waals surface area contributed by atoms with Crippen molar-refractivity contribution in [3.63, 3.8) is 0 Å². The largest absolute Gasteiger partial charge is 0.365 e. The van der Waals surface area contributed by atoms with Crippen LogP contribution in [0.1, 0.15) is 6.42 Å². The zero-order valence-electron chi connectivity index (χ0n) is 9.33. The van der Waals surface area contributed by atoms with Gasteiger partial charge < -0.3 is 5.32 Å². The SMILES string of the molecule is O=c1[nH]nc2ccc(NC3CCS(=O)(=O)C3)nn12. The molecule has 1 fully saturated rings. The number of nitrogens with one attached hydrogen (secondary N) is 2. The van der Waals surface area contributed by atoms with Gasteiger partial charge in [0.15, 0.2) is 15.5 Å². The van der Waals surface area contributed by atoms with E-state index in [1.807, 2.05) is 0 Å². The van der Waals surface area contributed by atoms with Crippen LogP contribution in [0.5, 0.6) is 0 Å². The number of fused-ring (bicyclic) bond motifs is 1. The maximum Gasteiger partial charge on any atom is 0.364 e. The standard InChI is InChI=1S/C9H11N5O3S/c15-9-12-11-8-2-1-7(13-14(8)9)10-6-3-4-18(16,17)5-6/h1-2,6H,3-5H2,(H,10,13)(H,12,15). The van der Waals surface area contributed by atoms with Gasteiger partial charge in [-0.3, -0.25) is 0 Å². The highest BCUT2D eigenvalue weighted by Crippen LogP contribution is 2.15. The Bertz CT molecular complexity index is 747. The third-order valence-corrected chi connectivity index (χ3v) is 4.63. The maximum atomic E-state index is 11.3. The summed E-state index contributed by atoms with van der Waals surface area (Å²) in [6, 6.07) is 3.15. The molecule has 0 aliphatic carbocycles. The van der Waals surface area contributed by atoms with E-state index in [1.165, 1.54) is 0 Å². The van der Waals surface area contributed by atoms with Gasteiger partial charge in [-0.2, -0.15) is 9.61 Å². The summed E-state index contributed by atoms with van der Waals surface area (Å²) in [6.45, 7) is 0. The second kappa shape index (κ2) is 3.80. The number of nitrogens with zero attached hydrogens (tertiary/aromatic N) is 3. The molecule has 9 heteroatoms. The molecule has 0 aromatic carbocycles. The van der Waals surface area contributed by atoms with Crippen LogP contribution in [0, 0.1) is 0 Å². The molecule has 0 amide bonds. The van der Waals surface area contributed by atoms with Gasteiger partial charge in [0, 0.05) is 6.04 Å². The van der Waals surface area contributed by atoms with Crippen molar-refractivity contribution in [1.29, 1.82) is 0 Å². The van der Waals surface area contributed by atoms with Crippen molar-refractivity contribution in [1.82, 2.24) is 19.8 Å². The first-order valence-corrected chi connectivity index (χ1v) is 7.27. The lowest BCUT2D eigenvalue weighted by atomic mass is 10.2. The highest BCUT2D eigenvalue weighted by atomic mass is 32.2. The quantitative estimate of drug-likeness (QED) is 0.725. The Morgan fingerprint density at radius 1 is 1.44 bits per heavy atom. The minimum atomic E-state index is -2.93. The number of hydrogen-bond acceptors (Lipinski definition) is 6. The number of hydrogen-bond donors (Lipinski definition) is 2. The Balaban J connectivity index is 1.87. The molecule has 1 unspecified atom stereocenters. The molecule has 2 N–H and O–H groups in total. The van der Waals surface area contributed by atoms with Crippen molar-refractivity contribution in [2.75, 3.05) is 16.8 Å². The lowest BCUT2D eigenvalue weighted by molar-refractivity contribution is 0.602. The van der Waals surface area contributed by atoms with E-state index >= 15 is 0 Å². The summed E-state index contributed by atoms with van der Waals surface area (Å²) in [7, 11) is -2.93. The highest BCUT2D eigenvalue weighted by Gasteiger charge is 2.27. The van der Waals surface area contributed by atoms with Gasteiger partial charge in [0.1, 0.15) is 5.82 Å². The van der Waals surface area contributed by atoms with E-state index in [9.17, 15) is 13.2 Å². The Labute approximate surface area is 102 Å². The molecule has 0 radical (unpaired) electrons. The van der Waals surface area contributed by atoms with Crippen molar-refractivity contribution < 1.29 is 8.42 Å². The topological polar surface area (TPSA) is 109 Å². The minimum absolute atomic E-state index is 0.104. The fourth-order valence-corrected chi connectivity index (χ4v) is 3.67. The molecule has 18 heavy (non-hydrogen) atoms. The van der Waals surface area contributed by atoms with Crippen molar-refractivity contribution in [2.45, 2.75) is 12.5 Å². The third-order valence-electron chi connectivity index (χ3n) is 2.86. The number of H-pyrrole nitrogens is 1. The average molecular weight is 269 g/mol. The van der Waals surface area contributed by atoms with Crippen LogP contribution in [0.25, 0.3) is 5.65 Å². The molecule has 1 aliphatic heterocycles. The summed E-state index contributed by atoms with van der Waals surface area (Å²) in [4.78, 5) is 11.3. The lowest BCUT2D eigenvalue weighted by Gasteiger charge is -2.10. The molecule has 2 aromatic heterocycles. The van der Waals surface area contributed by atoms with Crippen molar-refractivity contribution >= 4 is 21.3 Å². The van der Waals surface area contributed by atoms with E-state index in [2.05, 4.69) is 20.6 Å². The average Bonchev–Trinajstić information content (AvgIpc) is 2.84. The summed E-state index contributed by atoms with van der Waals surface area (Å²) in [5.74, 6) is 0.763. The van der Waals surface area contributed by atoms with Crippen LogP contribution in [0.15, 0.2) is 16.9 Å². The molecule has 3 rings (SSSR count). The molecule has 96 valence electrons. The van der Waals surface area contributed by atoms with Crippen LogP contribution in [-0.2, 0) is 9.84 Å². The smallest absolute Gasteiger partial charge is 0.364 e. The molecular weight excluding hydrogens is 258 g/mol. The number of rotatable bonds is 2. The van der Waals surface area contributed by atoms with Crippen LogP contribution < -0.4 is 11.0 Å². The molecule has 0 saturated carbocycles. The van der Waals surface area contributed by atoms with Crippen LogP contribution in [0.3, 0.4) is 0 Å². The van der Waals surface area contributed by atoms with Crippen LogP contribution in [0.2, 0.25) is 0 Å². The first kappa shape index (κ1) is 11.2. The van der Waals surface area contributed by atoms with Crippen molar-refractivity contribution in [3.05, 3.63) is 22.6 Å². The molecule has 2 aromatic rings. The molecule has 1 saturated heterocycles. The fraction of sp³-hybridized carbons (Fsp3) is 0.444. The molecule has 8 nitrogen and oxygen atoms in total. The Morgan fingerprint density at radius 3 is 3.00 bits per heavy atom. The number of aromatic nitrogens is 4. The van der Waals surface area contributed by atoms with Crippen LogP contribution in [0.4, 0.5) is 5.82 Å². The predicted octanol–water partition coefficient (Wildman–Crippen LogP) is -0.983. The van der Waals surface area contributed by atoms with E-state index in [1.54, 1.807) is 12.1 Å². The summed E-state index contributed by atoms with van der Waals surface area (Å²) >= 11 is 0. The van der Waals surface area contributed by atoms with E-state index in [4.69, 9.17) is 0 Å². The van der Waals surface area contributed by atoms with Gasteiger partial charge >= 0.3 is 5.69 Å². The molecule has 0 bridgehead atoms. The second-order valence-corrected chi connectivity index (χ2v) is 6.49. The Morgan fingerprint density at radius 2 is 2.28 bits per heavy atom. The van der Waals surface area contributed by atoms with Gasteiger partial charge in [0.2, 0.25) is 0 Å². The number of anilines is 1. The first-order chi connectivity index (χ1) is 8.53. The second-order valence-electron chi connectivity index (χ2n) is 4.26. The summed E-state index contributed by atoms with van der Waals surface area (Å²) < 4.78 is 23.8. The number of aromatic amines is 1. The summed E-state index contributed by atoms with van der Waals surface area (Å²) in [6.07, 6.45) is 0.558. The zero-order valence-corrected chi connectivity index (χ0v) is 10.1. The molecule has 3 heterocycles. The molecular formula is C9H11N5O3S. The van der Waals surface area contributed by atoms with Crippen molar-refractivity contribution in [2.24, 2.45) is 0 Å². The van der Waals surface area contributed by atoms with Gasteiger partial charge in [-0.1, -0.05) is 0 Å². The fourth-order valence-electron chi connectivity index (χ4n) is 2.00. The van der Waals surface area contributed by atoms with Crippen LogP contribution in [-0.4, -0.2) is 45.8 Å². The van der Waals surface area contributed by atoms with Gasteiger partial charge in [0.25, 0.3) is 0 Å².